The van der Waals surface area contributed by atoms with Crippen LogP contribution in [0.1, 0.15) is 27.0 Å². The number of nitrogens with zero attached hydrogens (tertiary/aromatic N) is 1. The van der Waals surface area contributed by atoms with Crippen molar-refractivity contribution < 1.29 is 9.59 Å². The Kier molecular flexibility index (Phi) is 4.29. The number of amides is 2. The van der Waals surface area contributed by atoms with E-state index in [4.69, 9.17) is 0 Å². The van der Waals surface area contributed by atoms with Crippen LogP contribution < -0.4 is 4.90 Å². The normalized spacial score (nSPS) is 15.0. The number of carbonyl (C=O) groups is 2. The van der Waals surface area contributed by atoms with Crippen LogP contribution in [0.5, 0.6) is 0 Å². The number of anilines is 1. The highest BCUT2D eigenvalue weighted by molar-refractivity contribution is 6.43. The van der Waals surface area contributed by atoms with Gasteiger partial charge in [0.1, 0.15) is 0 Å². The Balaban J connectivity index is 1.74. The van der Waals surface area contributed by atoms with E-state index in [0.29, 0.717) is 22.4 Å². The van der Waals surface area contributed by atoms with Gasteiger partial charge < -0.3 is 0 Å². The molecule has 5 rings (SSSR count). The van der Waals surface area contributed by atoms with Gasteiger partial charge in [-0.25, -0.2) is 4.90 Å². The van der Waals surface area contributed by atoms with Gasteiger partial charge in [0.25, 0.3) is 11.8 Å². The van der Waals surface area contributed by atoms with Crippen molar-refractivity contribution in [2.75, 3.05) is 4.90 Å². The molecule has 1 heterocycles. The van der Waals surface area contributed by atoms with E-state index in [-0.39, 0.29) is 11.8 Å². The van der Waals surface area contributed by atoms with E-state index in [1.54, 1.807) is 12.1 Å². The number of carbonyl (C=O) groups excluding carboxylic acids is 2. The maximum Gasteiger partial charge on any atom is 0.265 e. The van der Waals surface area contributed by atoms with Crippen LogP contribution in [0.25, 0.3) is 22.4 Å². The molecule has 0 unspecified atom stereocenters. The number of fused-ring (bicyclic) bond motifs is 2. The van der Waals surface area contributed by atoms with Gasteiger partial charge in [-0.3, -0.25) is 9.59 Å². The molecule has 2 amide bonds. The first-order chi connectivity index (χ1) is 14.6. The lowest BCUT2D eigenvalue weighted by Gasteiger charge is -2.29. The molecular formula is C27H19NO2. The number of aryl methyl sites for hydroxylation is 1. The molecule has 0 bridgehead atoms. The zero-order chi connectivity index (χ0) is 20.7. The molecule has 0 atom stereocenters. The average molecular weight is 389 g/mol. The van der Waals surface area contributed by atoms with E-state index < -0.39 is 0 Å². The molecule has 0 saturated carbocycles. The number of rotatable bonds is 2. The zero-order valence-electron chi connectivity index (χ0n) is 16.5. The topological polar surface area (TPSA) is 37.4 Å². The largest absolute Gasteiger partial charge is 0.268 e. The van der Waals surface area contributed by atoms with Crippen LogP contribution in [0.15, 0.2) is 91.0 Å². The summed E-state index contributed by atoms with van der Waals surface area (Å²) in [4.78, 5) is 28.1. The quantitative estimate of drug-likeness (QED) is 0.317. The highest BCUT2D eigenvalue weighted by atomic mass is 16.2. The van der Waals surface area contributed by atoms with Gasteiger partial charge in [-0.05, 0) is 58.7 Å². The highest BCUT2D eigenvalue weighted by Crippen LogP contribution is 2.34. The Morgan fingerprint density at radius 1 is 0.700 bits per heavy atom. The molecule has 0 aliphatic carbocycles. The van der Waals surface area contributed by atoms with Crippen LogP contribution >= 0.6 is 0 Å². The van der Waals surface area contributed by atoms with Gasteiger partial charge in [0.15, 0.2) is 0 Å². The summed E-state index contributed by atoms with van der Waals surface area (Å²) in [6.45, 7) is 1.95. The first-order valence-electron chi connectivity index (χ1n) is 9.88. The Labute approximate surface area is 174 Å². The fourth-order valence-corrected chi connectivity index (χ4v) is 4.03. The van der Waals surface area contributed by atoms with E-state index in [1.165, 1.54) is 4.90 Å². The Morgan fingerprint density at radius 3 is 2.23 bits per heavy atom. The molecule has 3 heteroatoms. The van der Waals surface area contributed by atoms with Gasteiger partial charge in [-0.2, -0.15) is 0 Å². The number of imide groups is 1. The minimum Gasteiger partial charge on any atom is -0.268 e. The van der Waals surface area contributed by atoms with Gasteiger partial charge in [-0.15, -0.1) is 0 Å². The van der Waals surface area contributed by atoms with Crippen LogP contribution in [-0.4, -0.2) is 11.8 Å². The second-order valence-electron chi connectivity index (χ2n) is 7.46. The lowest BCUT2D eigenvalue weighted by Crippen LogP contribution is -2.41. The summed E-state index contributed by atoms with van der Waals surface area (Å²) in [7, 11) is 0. The second kappa shape index (κ2) is 7.12. The standard InChI is InChI=1S/C27H19NO2/c1-18-8-6-12-21(16-18)28-26(29)24-15-5-4-14-23(24)25(27(28)30)17-20-11-7-10-19-9-2-3-13-22(19)20/h2-17H,1H3. The fourth-order valence-electron chi connectivity index (χ4n) is 4.03. The second-order valence-corrected chi connectivity index (χ2v) is 7.46. The molecule has 144 valence electrons. The number of benzene rings is 4. The first kappa shape index (κ1) is 18.1. The third-order valence-corrected chi connectivity index (χ3v) is 5.47. The summed E-state index contributed by atoms with van der Waals surface area (Å²) in [5, 5.41) is 2.17. The maximum absolute atomic E-state index is 13.6. The van der Waals surface area contributed by atoms with Crippen molar-refractivity contribution in [1.82, 2.24) is 0 Å². The minimum absolute atomic E-state index is 0.295. The van der Waals surface area contributed by atoms with E-state index in [1.807, 2.05) is 79.7 Å². The van der Waals surface area contributed by atoms with Crippen LogP contribution in [0.2, 0.25) is 0 Å². The molecule has 0 saturated heterocycles. The molecule has 0 N–H and O–H groups in total. The van der Waals surface area contributed by atoms with Crippen LogP contribution in [0.3, 0.4) is 0 Å². The fraction of sp³-hybridized carbons (Fsp3) is 0.0370. The summed E-state index contributed by atoms with van der Waals surface area (Å²) in [6.07, 6.45) is 1.90. The summed E-state index contributed by atoms with van der Waals surface area (Å²) in [5.74, 6) is -0.603. The SMILES string of the molecule is Cc1cccc(N2C(=O)C(=Cc3cccc4ccccc34)c3ccccc3C2=O)c1. The third kappa shape index (κ3) is 2.92. The van der Waals surface area contributed by atoms with E-state index in [9.17, 15) is 9.59 Å². The molecule has 0 spiro atoms. The van der Waals surface area contributed by atoms with Gasteiger partial charge >= 0.3 is 0 Å². The van der Waals surface area contributed by atoms with Crippen molar-refractivity contribution in [3.63, 3.8) is 0 Å². The minimum atomic E-state index is -0.308. The Bertz CT molecular complexity index is 1340. The highest BCUT2D eigenvalue weighted by Gasteiger charge is 2.35. The number of hydrogen-bond donors (Lipinski definition) is 0. The monoisotopic (exact) mass is 389 g/mol. The third-order valence-electron chi connectivity index (χ3n) is 5.47. The Morgan fingerprint density at radius 2 is 1.40 bits per heavy atom. The lowest BCUT2D eigenvalue weighted by molar-refractivity contribution is -0.112. The predicted octanol–water partition coefficient (Wildman–Crippen LogP) is 5.88. The van der Waals surface area contributed by atoms with Crippen LogP contribution in [-0.2, 0) is 4.79 Å². The van der Waals surface area contributed by atoms with Crippen molar-refractivity contribution in [2.45, 2.75) is 6.92 Å². The van der Waals surface area contributed by atoms with E-state index >= 15 is 0 Å². The van der Waals surface area contributed by atoms with E-state index in [2.05, 4.69) is 12.1 Å². The number of hydrogen-bond acceptors (Lipinski definition) is 2. The van der Waals surface area contributed by atoms with Crippen molar-refractivity contribution >= 4 is 39.9 Å². The summed E-state index contributed by atoms with van der Waals surface area (Å²) in [6, 6.07) is 28.9. The molecular weight excluding hydrogens is 370 g/mol. The summed E-state index contributed by atoms with van der Waals surface area (Å²) in [5.41, 5.74) is 4.25. The zero-order valence-corrected chi connectivity index (χ0v) is 16.5. The smallest absolute Gasteiger partial charge is 0.265 e. The maximum atomic E-state index is 13.6. The van der Waals surface area contributed by atoms with Crippen molar-refractivity contribution in [1.29, 1.82) is 0 Å². The van der Waals surface area contributed by atoms with Crippen molar-refractivity contribution in [3.05, 3.63) is 113 Å². The van der Waals surface area contributed by atoms with Crippen molar-refractivity contribution in [3.8, 4) is 0 Å². The molecule has 0 radical (unpaired) electrons. The first-order valence-corrected chi connectivity index (χ1v) is 9.88. The summed E-state index contributed by atoms with van der Waals surface area (Å²) < 4.78 is 0. The molecule has 1 aliphatic heterocycles. The van der Waals surface area contributed by atoms with Crippen molar-refractivity contribution in [2.24, 2.45) is 0 Å². The summed E-state index contributed by atoms with van der Waals surface area (Å²) >= 11 is 0. The van der Waals surface area contributed by atoms with Gasteiger partial charge in [0.05, 0.1) is 5.69 Å². The molecule has 1 aliphatic rings. The van der Waals surface area contributed by atoms with Gasteiger partial charge in [-0.1, -0.05) is 72.8 Å². The molecule has 0 fully saturated rings. The van der Waals surface area contributed by atoms with Crippen LogP contribution in [0, 0.1) is 6.92 Å². The Hall–Kier alpha value is -3.98. The molecule has 4 aromatic rings. The van der Waals surface area contributed by atoms with E-state index in [0.717, 1.165) is 21.9 Å². The molecule has 30 heavy (non-hydrogen) atoms. The lowest BCUT2D eigenvalue weighted by atomic mass is 9.90. The predicted molar refractivity (Wildman–Crippen MR) is 121 cm³/mol. The van der Waals surface area contributed by atoms with Crippen LogP contribution in [0.4, 0.5) is 5.69 Å². The molecule has 4 aromatic carbocycles. The molecule has 0 aromatic heterocycles. The van der Waals surface area contributed by atoms with Gasteiger partial charge in [0.2, 0.25) is 0 Å². The van der Waals surface area contributed by atoms with Gasteiger partial charge in [0, 0.05) is 11.1 Å². The average Bonchev–Trinajstić information content (AvgIpc) is 2.77. The molecule has 3 nitrogen and oxygen atoms in total.